The van der Waals surface area contributed by atoms with Crippen molar-refractivity contribution in [1.82, 2.24) is 0 Å². The number of carbonyl (C=O) groups excluding carboxylic acids is 1. The molecule has 5 heteroatoms. The summed E-state index contributed by atoms with van der Waals surface area (Å²) >= 11 is 0. The van der Waals surface area contributed by atoms with Crippen LogP contribution in [0.1, 0.15) is 12.5 Å². The van der Waals surface area contributed by atoms with Crippen LogP contribution < -0.4 is 0 Å². The minimum Gasteiger partial charge on any atom is -0.463 e. The lowest BCUT2D eigenvalue weighted by Crippen LogP contribution is -1.98. The number of hydrogen-bond donors (Lipinski definition) is 0. The fraction of sp³-hybridized carbons (Fsp3) is 0.182. The van der Waals surface area contributed by atoms with Crippen LogP contribution in [0.15, 0.2) is 30.3 Å². The molecular formula is C11H11NO4. The van der Waals surface area contributed by atoms with E-state index in [9.17, 15) is 14.9 Å². The van der Waals surface area contributed by atoms with Gasteiger partial charge in [0.1, 0.15) is 0 Å². The molecule has 0 radical (unpaired) electrons. The molecule has 0 atom stereocenters. The highest BCUT2D eigenvalue weighted by Crippen LogP contribution is 2.12. The average molecular weight is 221 g/mol. The predicted octanol–water partition coefficient (Wildman–Crippen LogP) is 2.17. The molecule has 0 unspecified atom stereocenters. The SMILES string of the molecule is CCOC(=O)/C=C\c1ccc([N+](=O)[O-])cc1. The fourth-order valence-electron chi connectivity index (χ4n) is 1.06. The number of ether oxygens (including phenoxy) is 1. The van der Waals surface area contributed by atoms with Crippen LogP contribution in [0.2, 0.25) is 0 Å². The fourth-order valence-corrected chi connectivity index (χ4v) is 1.06. The van der Waals surface area contributed by atoms with E-state index in [1.807, 2.05) is 0 Å². The van der Waals surface area contributed by atoms with Crippen LogP contribution in [0.4, 0.5) is 5.69 Å². The van der Waals surface area contributed by atoms with Gasteiger partial charge in [-0.3, -0.25) is 10.1 Å². The zero-order valence-corrected chi connectivity index (χ0v) is 8.75. The molecule has 0 aliphatic heterocycles. The number of nitrogens with zero attached hydrogens (tertiary/aromatic N) is 1. The van der Waals surface area contributed by atoms with E-state index in [2.05, 4.69) is 0 Å². The maximum absolute atomic E-state index is 11.0. The lowest BCUT2D eigenvalue weighted by molar-refractivity contribution is -0.384. The van der Waals surface area contributed by atoms with Gasteiger partial charge in [-0.15, -0.1) is 0 Å². The van der Waals surface area contributed by atoms with Crippen LogP contribution in [-0.4, -0.2) is 17.5 Å². The summed E-state index contributed by atoms with van der Waals surface area (Å²) in [6.45, 7) is 2.04. The first-order valence-corrected chi connectivity index (χ1v) is 4.72. The van der Waals surface area contributed by atoms with Crippen molar-refractivity contribution in [3.63, 3.8) is 0 Å². The lowest BCUT2D eigenvalue weighted by atomic mass is 10.2. The molecule has 1 rings (SSSR count). The van der Waals surface area contributed by atoms with E-state index in [0.29, 0.717) is 12.2 Å². The quantitative estimate of drug-likeness (QED) is 0.338. The highest BCUT2D eigenvalue weighted by molar-refractivity contribution is 5.87. The van der Waals surface area contributed by atoms with Crippen LogP contribution >= 0.6 is 0 Å². The molecule has 1 aromatic carbocycles. The molecule has 0 saturated carbocycles. The van der Waals surface area contributed by atoms with E-state index < -0.39 is 10.9 Å². The number of nitro groups is 1. The minimum atomic E-state index is -0.473. The molecule has 0 aliphatic rings. The third kappa shape index (κ3) is 3.53. The van der Waals surface area contributed by atoms with Gasteiger partial charge < -0.3 is 4.74 Å². The Labute approximate surface area is 92.5 Å². The van der Waals surface area contributed by atoms with Gasteiger partial charge in [-0.2, -0.15) is 0 Å². The number of carbonyl (C=O) groups is 1. The number of nitro benzene ring substituents is 1. The van der Waals surface area contributed by atoms with Crippen molar-refractivity contribution in [3.8, 4) is 0 Å². The minimum absolute atomic E-state index is 0.0216. The van der Waals surface area contributed by atoms with Crippen molar-refractivity contribution in [2.45, 2.75) is 6.92 Å². The van der Waals surface area contributed by atoms with Crippen molar-refractivity contribution >= 4 is 17.7 Å². The van der Waals surface area contributed by atoms with Gasteiger partial charge in [-0.05, 0) is 30.7 Å². The number of esters is 1. The molecule has 1 aromatic rings. The maximum atomic E-state index is 11.0. The second kappa shape index (κ2) is 5.65. The number of rotatable bonds is 4. The molecule has 5 nitrogen and oxygen atoms in total. The Bertz CT molecular complexity index is 408. The summed E-state index contributed by atoms with van der Waals surface area (Å²) in [7, 11) is 0. The average Bonchev–Trinajstić information content (AvgIpc) is 2.27. The maximum Gasteiger partial charge on any atom is 0.330 e. The molecule has 84 valence electrons. The van der Waals surface area contributed by atoms with Gasteiger partial charge >= 0.3 is 5.97 Å². The zero-order chi connectivity index (χ0) is 12.0. The first-order valence-electron chi connectivity index (χ1n) is 4.72. The van der Waals surface area contributed by atoms with Crippen LogP contribution in [0.25, 0.3) is 6.08 Å². The second-order valence-corrected chi connectivity index (χ2v) is 2.93. The summed E-state index contributed by atoms with van der Waals surface area (Å²) in [4.78, 5) is 20.9. The molecular weight excluding hydrogens is 210 g/mol. The van der Waals surface area contributed by atoms with Crippen molar-refractivity contribution in [3.05, 3.63) is 46.0 Å². The Hall–Kier alpha value is -2.17. The predicted molar refractivity (Wildman–Crippen MR) is 58.8 cm³/mol. The molecule has 0 heterocycles. The Morgan fingerprint density at radius 1 is 1.44 bits per heavy atom. The van der Waals surface area contributed by atoms with Gasteiger partial charge in [0.25, 0.3) is 5.69 Å². The van der Waals surface area contributed by atoms with Crippen LogP contribution in [0.3, 0.4) is 0 Å². The van der Waals surface area contributed by atoms with E-state index in [0.717, 1.165) is 0 Å². The van der Waals surface area contributed by atoms with E-state index in [1.54, 1.807) is 25.1 Å². The van der Waals surface area contributed by atoms with Gasteiger partial charge in [0.15, 0.2) is 0 Å². The third-order valence-electron chi connectivity index (χ3n) is 1.80. The number of benzene rings is 1. The van der Waals surface area contributed by atoms with Crippen molar-refractivity contribution in [2.75, 3.05) is 6.61 Å². The Morgan fingerprint density at radius 2 is 2.06 bits per heavy atom. The van der Waals surface area contributed by atoms with E-state index >= 15 is 0 Å². The largest absolute Gasteiger partial charge is 0.463 e. The topological polar surface area (TPSA) is 69.4 Å². The van der Waals surface area contributed by atoms with Gasteiger partial charge in [-0.25, -0.2) is 4.79 Å². The number of non-ortho nitro benzene ring substituents is 1. The highest BCUT2D eigenvalue weighted by atomic mass is 16.6. The molecule has 16 heavy (non-hydrogen) atoms. The summed E-state index contributed by atoms with van der Waals surface area (Å²) in [6.07, 6.45) is 2.83. The summed E-state index contributed by atoms with van der Waals surface area (Å²) in [5.74, 6) is -0.430. The Balaban J connectivity index is 2.68. The van der Waals surface area contributed by atoms with E-state index in [-0.39, 0.29) is 5.69 Å². The standard InChI is InChI=1S/C11H11NO4/c1-2-16-11(13)8-5-9-3-6-10(7-4-9)12(14)15/h3-8H,2H2,1H3/b8-5-. The zero-order valence-electron chi connectivity index (χ0n) is 8.75. The Kier molecular flexibility index (Phi) is 4.20. The van der Waals surface area contributed by atoms with Gasteiger partial charge in [0, 0.05) is 18.2 Å². The highest BCUT2D eigenvalue weighted by Gasteiger charge is 2.02. The van der Waals surface area contributed by atoms with Crippen LogP contribution in [0, 0.1) is 10.1 Å². The van der Waals surface area contributed by atoms with Gasteiger partial charge in [-0.1, -0.05) is 0 Å². The normalized spacial score (nSPS) is 10.3. The molecule has 0 bridgehead atoms. The van der Waals surface area contributed by atoms with Gasteiger partial charge in [0.2, 0.25) is 0 Å². The third-order valence-corrected chi connectivity index (χ3v) is 1.80. The molecule has 0 N–H and O–H groups in total. The summed E-state index contributed by atoms with van der Waals surface area (Å²) < 4.78 is 4.69. The second-order valence-electron chi connectivity index (χ2n) is 2.93. The molecule has 0 amide bonds. The summed E-state index contributed by atoms with van der Waals surface area (Å²) in [5.41, 5.74) is 0.729. The smallest absolute Gasteiger partial charge is 0.330 e. The summed E-state index contributed by atoms with van der Waals surface area (Å²) in [5, 5.41) is 10.4. The van der Waals surface area contributed by atoms with Crippen LogP contribution in [0.5, 0.6) is 0 Å². The van der Waals surface area contributed by atoms with Crippen LogP contribution in [-0.2, 0) is 9.53 Å². The number of hydrogen-bond acceptors (Lipinski definition) is 4. The lowest BCUT2D eigenvalue weighted by Gasteiger charge is -1.95. The molecule has 0 aromatic heterocycles. The van der Waals surface area contributed by atoms with E-state index in [1.165, 1.54) is 18.2 Å². The molecule has 0 spiro atoms. The van der Waals surface area contributed by atoms with E-state index in [4.69, 9.17) is 4.74 Å². The molecule has 0 saturated heterocycles. The summed E-state index contributed by atoms with van der Waals surface area (Å²) in [6, 6.07) is 5.89. The molecule has 0 fully saturated rings. The van der Waals surface area contributed by atoms with Crippen molar-refractivity contribution in [2.24, 2.45) is 0 Å². The first kappa shape index (κ1) is 11.9. The Morgan fingerprint density at radius 3 is 2.56 bits per heavy atom. The monoisotopic (exact) mass is 221 g/mol. The van der Waals surface area contributed by atoms with Crippen molar-refractivity contribution in [1.29, 1.82) is 0 Å². The first-order chi connectivity index (χ1) is 7.63. The van der Waals surface area contributed by atoms with Gasteiger partial charge in [0.05, 0.1) is 11.5 Å². The van der Waals surface area contributed by atoms with Crippen molar-refractivity contribution < 1.29 is 14.5 Å². The molecule has 0 aliphatic carbocycles.